The Labute approximate surface area is 157 Å². The number of carbonyl (C=O) groups is 1. The van der Waals surface area contributed by atoms with Crippen LogP contribution in [0.4, 0.5) is 24.8 Å². The number of hydrogen-bond acceptors (Lipinski definition) is 6. The predicted octanol–water partition coefficient (Wildman–Crippen LogP) is 3.20. The average Bonchev–Trinajstić information content (AvgIpc) is 2.68. The van der Waals surface area contributed by atoms with Crippen LogP contribution in [0.1, 0.15) is 11.8 Å². The third-order valence-corrected chi connectivity index (χ3v) is 3.26. The Morgan fingerprint density at radius 2 is 1.86 bits per heavy atom. The summed E-state index contributed by atoms with van der Waals surface area (Å²) in [4.78, 5) is 27.2. The van der Waals surface area contributed by atoms with Gasteiger partial charge in [0.1, 0.15) is 23.1 Å². The molecule has 0 aliphatic carbocycles. The molecule has 0 spiro atoms. The summed E-state index contributed by atoms with van der Waals surface area (Å²) in [5.41, 5.74) is 5.20. The number of pyridine rings is 3. The molecular formula is C17H13F3N6O2. The van der Waals surface area contributed by atoms with E-state index in [9.17, 15) is 18.0 Å². The zero-order valence-corrected chi connectivity index (χ0v) is 13.9. The highest BCUT2D eigenvalue weighted by Gasteiger charge is 2.16. The van der Waals surface area contributed by atoms with E-state index in [1.54, 1.807) is 0 Å². The second-order valence-electron chi connectivity index (χ2n) is 5.18. The van der Waals surface area contributed by atoms with Crippen LogP contribution in [0.25, 0.3) is 0 Å². The van der Waals surface area contributed by atoms with Gasteiger partial charge in [-0.25, -0.2) is 28.7 Å². The molecular weight excluding hydrogens is 377 g/mol. The van der Waals surface area contributed by atoms with Gasteiger partial charge in [0.25, 0.3) is 5.91 Å². The fourth-order valence-corrected chi connectivity index (χ4v) is 2.06. The lowest BCUT2D eigenvalue weighted by atomic mass is 10.2. The highest BCUT2D eigenvalue weighted by atomic mass is 19.2. The van der Waals surface area contributed by atoms with E-state index in [0.717, 1.165) is 30.9 Å². The lowest BCUT2D eigenvalue weighted by Gasteiger charge is -2.10. The van der Waals surface area contributed by atoms with Crippen molar-refractivity contribution < 1.29 is 24.1 Å². The van der Waals surface area contributed by atoms with Crippen LogP contribution in [-0.4, -0.2) is 27.2 Å². The van der Waals surface area contributed by atoms with E-state index in [-0.39, 0.29) is 30.1 Å². The lowest BCUT2D eigenvalue weighted by molar-refractivity contribution is 0.102. The SMILES string of the molecule is N/C=N\c1ncc(Oc2cnc(F)c(F)c2)cc1C(=O)Nc1ccc(F)cn1.[HH]. The molecule has 0 aliphatic rings. The molecule has 3 aromatic rings. The Morgan fingerprint density at radius 3 is 2.54 bits per heavy atom. The summed E-state index contributed by atoms with van der Waals surface area (Å²) < 4.78 is 44.5. The van der Waals surface area contributed by atoms with E-state index in [1.807, 2.05) is 0 Å². The van der Waals surface area contributed by atoms with Gasteiger partial charge in [-0.1, -0.05) is 0 Å². The van der Waals surface area contributed by atoms with Crippen molar-refractivity contribution in [3.63, 3.8) is 0 Å². The maximum atomic E-state index is 13.3. The number of ether oxygens (including phenoxy) is 1. The van der Waals surface area contributed by atoms with Crippen LogP contribution in [0, 0.1) is 17.6 Å². The molecule has 0 saturated carbocycles. The Morgan fingerprint density at radius 1 is 1.11 bits per heavy atom. The van der Waals surface area contributed by atoms with Gasteiger partial charge in [-0.3, -0.25) is 4.79 Å². The third-order valence-electron chi connectivity index (χ3n) is 3.26. The Kier molecular flexibility index (Phi) is 5.44. The average molecular weight is 390 g/mol. The van der Waals surface area contributed by atoms with E-state index in [0.29, 0.717) is 0 Å². The van der Waals surface area contributed by atoms with Crippen molar-refractivity contribution >= 4 is 23.9 Å². The van der Waals surface area contributed by atoms with Gasteiger partial charge in [0, 0.05) is 7.49 Å². The Hall–Kier alpha value is -4.02. The van der Waals surface area contributed by atoms with Crippen LogP contribution in [0.2, 0.25) is 0 Å². The first kappa shape index (κ1) is 18.8. The molecule has 0 fully saturated rings. The van der Waals surface area contributed by atoms with Crippen LogP contribution in [0.15, 0.2) is 47.8 Å². The third kappa shape index (κ3) is 4.38. The first-order chi connectivity index (χ1) is 13.5. The lowest BCUT2D eigenvalue weighted by Crippen LogP contribution is -2.14. The fourth-order valence-electron chi connectivity index (χ4n) is 2.06. The van der Waals surface area contributed by atoms with Crippen LogP contribution >= 0.6 is 0 Å². The van der Waals surface area contributed by atoms with Gasteiger partial charge < -0.3 is 15.8 Å². The monoisotopic (exact) mass is 390 g/mol. The van der Waals surface area contributed by atoms with Gasteiger partial charge in [0.15, 0.2) is 11.6 Å². The van der Waals surface area contributed by atoms with Gasteiger partial charge in [-0.2, -0.15) is 4.39 Å². The molecule has 0 bridgehead atoms. The zero-order chi connectivity index (χ0) is 20.1. The number of halogens is 3. The number of aliphatic imine (C=N–C) groups is 1. The number of carbonyl (C=O) groups excluding carboxylic acids is 1. The smallest absolute Gasteiger partial charge is 0.260 e. The molecule has 28 heavy (non-hydrogen) atoms. The minimum atomic E-state index is -1.27. The number of nitrogens with zero attached hydrogens (tertiary/aromatic N) is 4. The molecule has 1 amide bonds. The van der Waals surface area contributed by atoms with E-state index in [2.05, 4.69) is 25.3 Å². The second-order valence-corrected chi connectivity index (χ2v) is 5.18. The number of nitrogens with two attached hydrogens (primary N) is 1. The molecule has 11 heteroatoms. The van der Waals surface area contributed by atoms with Crippen LogP contribution in [0.3, 0.4) is 0 Å². The van der Waals surface area contributed by atoms with Gasteiger partial charge in [0.05, 0.1) is 30.5 Å². The van der Waals surface area contributed by atoms with Crippen molar-refractivity contribution in [2.45, 2.75) is 0 Å². The summed E-state index contributed by atoms with van der Waals surface area (Å²) in [6.45, 7) is 0. The van der Waals surface area contributed by atoms with E-state index in [1.165, 1.54) is 18.3 Å². The first-order valence-corrected chi connectivity index (χ1v) is 7.62. The summed E-state index contributed by atoms with van der Waals surface area (Å²) in [6, 6.07) is 4.43. The molecule has 0 aliphatic heterocycles. The van der Waals surface area contributed by atoms with Crippen molar-refractivity contribution in [2.24, 2.45) is 10.7 Å². The van der Waals surface area contributed by atoms with Crippen LogP contribution < -0.4 is 15.8 Å². The first-order valence-electron chi connectivity index (χ1n) is 7.62. The van der Waals surface area contributed by atoms with Gasteiger partial charge in [-0.15, -0.1) is 0 Å². The number of anilines is 1. The second kappa shape index (κ2) is 8.12. The molecule has 0 radical (unpaired) electrons. The predicted molar refractivity (Wildman–Crippen MR) is 95.1 cm³/mol. The molecule has 3 aromatic heterocycles. The van der Waals surface area contributed by atoms with Crippen LogP contribution in [0.5, 0.6) is 11.5 Å². The number of aromatic nitrogens is 3. The maximum Gasteiger partial charge on any atom is 0.260 e. The Bertz CT molecular complexity index is 1050. The maximum absolute atomic E-state index is 13.3. The normalized spacial score (nSPS) is 10.8. The number of hydrogen-bond donors (Lipinski definition) is 2. The molecule has 3 rings (SSSR count). The van der Waals surface area contributed by atoms with Crippen molar-refractivity contribution in [1.82, 2.24) is 15.0 Å². The molecule has 0 saturated heterocycles. The molecule has 0 atom stereocenters. The topological polar surface area (TPSA) is 115 Å². The highest BCUT2D eigenvalue weighted by Crippen LogP contribution is 2.26. The van der Waals surface area contributed by atoms with Gasteiger partial charge >= 0.3 is 0 Å². The molecule has 3 N–H and O–H groups in total. The van der Waals surface area contributed by atoms with Crippen molar-refractivity contribution in [2.75, 3.05) is 5.32 Å². The summed E-state index contributed by atoms with van der Waals surface area (Å²) >= 11 is 0. The van der Waals surface area contributed by atoms with Gasteiger partial charge in [0.2, 0.25) is 5.95 Å². The van der Waals surface area contributed by atoms with Crippen molar-refractivity contribution in [1.29, 1.82) is 0 Å². The van der Waals surface area contributed by atoms with E-state index < -0.39 is 23.5 Å². The molecule has 144 valence electrons. The van der Waals surface area contributed by atoms with E-state index in [4.69, 9.17) is 10.5 Å². The quantitative estimate of drug-likeness (QED) is 0.393. The Balaban J connectivity index is 0.00000300. The standard InChI is InChI=1S/C17H11F3N6O2.H2/c18-9-1-2-14(22-5-9)26-17(27)12-3-10(7-24-16(12)25-8-21)28-11-4-13(19)15(20)23-6-11;/h1-8H,(H2,21,24,25)(H,22,26,27);1H. The van der Waals surface area contributed by atoms with Gasteiger partial charge in [-0.05, 0) is 18.2 Å². The largest absolute Gasteiger partial charge is 0.454 e. The van der Waals surface area contributed by atoms with Crippen LogP contribution in [-0.2, 0) is 0 Å². The minimum absolute atomic E-state index is 0. The molecule has 3 heterocycles. The summed E-state index contributed by atoms with van der Waals surface area (Å²) in [5.74, 6) is -3.74. The summed E-state index contributed by atoms with van der Waals surface area (Å²) in [5, 5.41) is 2.44. The highest BCUT2D eigenvalue weighted by molar-refractivity contribution is 6.07. The summed E-state index contributed by atoms with van der Waals surface area (Å²) in [7, 11) is 0. The number of nitrogens with one attached hydrogen (secondary N) is 1. The molecule has 8 nitrogen and oxygen atoms in total. The molecule has 0 unspecified atom stereocenters. The number of rotatable bonds is 5. The summed E-state index contributed by atoms with van der Waals surface area (Å²) in [6.07, 6.45) is 4.04. The molecule has 0 aromatic carbocycles. The fraction of sp³-hybridized carbons (Fsp3) is 0. The van der Waals surface area contributed by atoms with E-state index >= 15 is 0 Å². The zero-order valence-electron chi connectivity index (χ0n) is 13.9. The number of amides is 1. The van der Waals surface area contributed by atoms with Crippen molar-refractivity contribution in [3.8, 4) is 11.5 Å². The van der Waals surface area contributed by atoms with Crippen molar-refractivity contribution in [3.05, 3.63) is 66.0 Å². The minimum Gasteiger partial charge on any atom is -0.454 e.